The van der Waals surface area contributed by atoms with Crippen LogP contribution in [0.15, 0.2) is 24.2 Å². The van der Waals surface area contributed by atoms with Gasteiger partial charge in [0.2, 0.25) is 5.76 Å². The lowest BCUT2D eigenvalue weighted by Gasteiger charge is -1.96. The van der Waals surface area contributed by atoms with Gasteiger partial charge in [0.15, 0.2) is 0 Å². The molecule has 0 spiro atoms. The summed E-state index contributed by atoms with van der Waals surface area (Å²) in [6.45, 7) is 3.28. The molecule has 4 N–H and O–H groups in total. The summed E-state index contributed by atoms with van der Waals surface area (Å²) in [5, 5.41) is 17.4. The number of primary amides is 1. The van der Waals surface area contributed by atoms with Crippen LogP contribution in [0.2, 0.25) is 0 Å². The van der Waals surface area contributed by atoms with Gasteiger partial charge in [-0.15, -0.1) is 6.58 Å². The summed E-state index contributed by atoms with van der Waals surface area (Å²) >= 11 is 0. The fraction of sp³-hybridized carbons (Fsp3) is 0.167. The molecule has 0 saturated heterocycles. The van der Waals surface area contributed by atoms with Crippen molar-refractivity contribution in [2.75, 3.05) is 0 Å². The second kappa shape index (κ2) is 3.55. The molecule has 0 aliphatic heterocycles. The first-order chi connectivity index (χ1) is 4.59. The summed E-state index contributed by atoms with van der Waals surface area (Å²) in [6, 6.07) is 0. The fourth-order valence-corrected chi connectivity index (χ4v) is 0.376. The van der Waals surface area contributed by atoms with E-state index in [4.69, 9.17) is 10.2 Å². The van der Waals surface area contributed by atoms with Crippen LogP contribution in [0.4, 0.5) is 0 Å². The Morgan fingerprint density at radius 2 is 2.10 bits per heavy atom. The van der Waals surface area contributed by atoms with Crippen molar-refractivity contribution in [1.82, 2.24) is 0 Å². The van der Waals surface area contributed by atoms with Gasteiger partial charge >= 0.3 is 0 Å². The third-order valence-electron chi connectivity index (χ3n) is 0.844. The summed E-state index contributed by atoms with van der Waals surface area (Å²) in [5.74, 6) is -2.30. The highest BCUT2D eigenvalue weighted by molar-refractivity contribution is 5.89. The van der Waals surface area contributed by atoms with Gasteiger partial charge in [-0.1, -0.05) is 6.08 Å². The molecule has 0 aromatic heterocycles. The molecule has 0 radical (unpaired) electrons. The van der Waals surface area contributed by atoms with E-state index in [2.05, 4.69) is 12.3 Å². The number of amides is 1. The minimum Gasteiger partial charge on any atom is -0.508 e. The van der Waals surface area contributed by atoms with E-state index in [0.717, 1.165) is 0 Å². The van der Waals surface area contributed by atoms with E-state index in [1.165, 1.54) is 6.08 Å². The normalized spacial score (nSPS) is 12.0. The molecule has 10 heavy (non-hydrogen) atoms. The number of hydrogen-bond acceptors (Lipinski definition) is 3. The molecule has 4 nitrogen and oxygen atoms in total. The van der Waals surface area contributed by atoms with Crippen molar-refractivity contribution >= 4 is 5.91 Å². The minimum absolute atomic E-state index is 0.0365. The van der Waals surface area contributed by atoms with Crippen LogP contribution in [-0.2, 0) is 4.79 Å². The van der Waals surface area contributed by atoms with E-state index in [9.17, 15) is 4.79 Å². The third-order valence-corrected chi connectivity index (χ3v) is 0.844. The summed E-state index contributed by atoms with van der Waals surface area (Å²) in [6.07, 6.45) is 1.38. The lowest BCUT2D eigenvalue weighted by Crippen LogP contribution is -2.15. The van der Waals surface area contributed by atoms with Gasteiger partial charge < -0.3 is 15.9 Å². The number of hydrogen-bond donors (Lipinski definition) is 3. The highest BCUT2D eigenvalue weighted by Gasteiger charge is 2.06. The maximum atomic E-state index is 10.1. The smallest absolute Gasteiger partial charge is 0.287 e. The van der Waals surface area contributed by atoms with Crippen molar-refractivity contribution in [1.29, 1.82) is 0 Å². The summed E-state index contributed by atoms with van der Waals surface area (Å²) < 4.78 is 0. The third kappa shape index (κ3) is 2.21. The monoisotopic (exact) mass is 143 g/mol. The van der Waals surface area contributed by atoms with Gasteiger partial charge in [-0.3, -0.25) is 4.79 Å². The van der Waals surface area contributed by atoms with Crippen molar-refractivity contribution in [3.05, 3.63) is 24.2 Å². The van der Waals surface area contributed by atoms with Gasteiger partial charge in [0, 0.05) is 6.42 Å². The van der Waals surface area contributed by atoms with E-state index in [-0.39, 0.29) is 6.42 Å². The van der Waals surface area contributed by atoms with Gasteiger partial charge in [-0.2, -0.15) is 0 Å². The predicted octanol–water partition coefficient (Wildman–Crippen LogP) is 0.375. The molecule has 0 heterocycles. The Kier molecular flexibility index (Phi) is 3.04. The quantitative estimate of drug-likeness (QED) is 0.303. The Morgan fingerprint density at radius 3 is 2.40 bits per heavy atom. The molecule has 0 unspecified atom stereocenters. The zero-order valence-electron chi connectivity index (χ0n) is 5.37. The van der Waals surface area contributed by atoms with Crippen LogP contribution in [0.1, 0.15) is 6.42 Å². The average molecular weight is 143 g/mol. The summed E-state index contributed by atoms with van der Waals surface area (Å²) in [5.41, 5.74) is 4.63. The molecule has 0 saturated carbocycles. The molecular weight excluding hydrogens is 134 g/mol. The van der Waals surface area contributed by atoms with E-state index in [1.807, 2.05) is 0 Å². The summed E-state index contributed by atoms with van der Waals surface area (Å²) in [4.78, 5) is 10.1. The summed E-state index contributed by atoms with van der Waals surface area (Å²) in [7, 11) is 0. The molecule has 0 atom stereocenters. The van der Waals surface area contributed by atoms with Crippen molar-refractivity contribution in [3.8, 4) is 0 Å². The number of carbonyl (C=O) groups is 1. The van der Waals surface area contributed by atoms with Gasteiger partial charge in [-0.25, -0.2) is 0 Å². The zero-order chi connectivity index (χ0) is 8.15. The number of carbonyl (C=O) groups excluding carboxylic acids is 1. The van der Waals surface area contributed by atoms with Crippen molar-refractivity contribution in [3.63, 3.8) is 0 Å². The van der Waals surface area contributed by atoms with E-state index >= 15 is 0 Å². The van der Waals surface area contributed by atoms with Gasteiger partial charge in [0.1, 0.15) is 5.76 Å². The lowest BCUT2D eigenvalue weighted by atomic mass is 10.3. The van der Waals surface area contributed by atoms with E-state index in [0.29, 0.717) is 0 Å². The molecule has 0 fully saturated rings. The molecule has 0 bridgehead atoms. The highest BCUT2D eigenvalue weighted by Crippen LogP contribution is 2.01. The van der Waals surface area contributed by atoms with E-state index < -0.39 is 17.4 Å². The number of aliphatic hydroxyl groups excluding tert-OH is 2. The maximum absolute atomic E-state index is 10.1. The Labute approximate surface area is 58.3 Å². The zero-order valence-corrected chi connectivity index (χ0v) is 5.37. The largest absolute Gasteiger partial charge is 0.508 e. The van der Waals surface area contributed by atoms with Crippen molar-refractivity contribution in [2.24, 2.45) is 5.73 Å². The second-order valence-electron chi connectivity index (χ2n) is 1.65. The molecular formula is C6H9NO3. The molecule has 1 amide bonds. The Balaban J connectivity index is 4.33. The standard InChI is InChI=1S/C6H9NO3/c1-2-3-4(8)5(9)6(7)10/h2,8-9H,1,3H2,(H2,7,10)/b5-4-. The number of rotatable bonds is 3. The topological polar surface area (TPSA) is 83.6 Å². The first-order valence-corrected chi connectivity index (χ1v) is 2.61. The number of aliphatic hydroxyl groups is 2. The SMILES string of the molecule is C=CC/C(O)=C(/O)C(N)=O. The lowest BCUT2D eigenvalue weighted by molar-refractivity contribution is -0.117. The first kappa shape index (κ1) is 8.55. The Morgan fingerprint density at radius 1 is 1.60 bits per heavy atom. The van der Waals surface area contributed by atoms with Gasteiger partial charge in [0.05, 0.1) is 0 Å². The molecule has 56 valence electrons. The van der Waals surface area contributed by atoms with E-state index in [1.54, 1.807) is 0 Å². The molecule has 0 rings (SSSR count). The van der Waals surface area contributed by atoms with Crippen LogP contribution in [0.3, 0.4) is 0 Å². The molecule has 0 aromatic rings. The van der Waals surface area contributed by atoms with Crippen LogP contribution in [0, 0.1) is 0 Å². The van der Waals surface area contributed by atoms with Crippen LogP contribution >= 0.6 is 0 Å². The predicted molar refractivity (Wildman–Crippen MR) is 36.3 cm³/mol. The maximum Gasteiger partial charge on any atom is 0.287 e. The molecule has 0 aliphatic carbocycles. The van der Waals surface area contributed by atoms with Gasteiger partial charge in [0.25, 0.3) is 5.91 Å². The number of nitrogens with two attached hydrogens (primary N) is 1. The molecule has 0 aromatic carbocycles. The highest BCUT2D eigenvalue weighted by atomic mass is 16.3. The van der Waals surface area contributed by atoms with Crippen molar-refractivity contribution in [2.45, 2.75) is 6.42 Å². The van der Waals surface area contributed by atoms with Crippen LogP contribution in [0.5, 0.6) is 0 Å². The Bertz CT molecular complexity index is 183. The number of allylic oxidation sites excluding steroid dienone is 1. The molecule has 0 aliphatic rings. The minimum atomic E-state index is -1.04. The van der Waals surface area contributed by atoms with Crippen LogP contribution < -0.4 is 5.73 Å². The average Bonchev–Trinajstić information content (AvgIpc) is 1.87. The van der Waals surface area contributed by atoms with Crippen LogP contribution in [-0.4, -0.2) is 16.1 Å². The van der Waals surface area contributed by atoms with Crippen LogP contribution in [0.25, 0.3) is 0 Å². The molecule has 4 heteroatoms. The van der Waals surface area contributed by atoms with Crippen molar-refractivity contribution < 1.29 is 15.0 Å². The second-order valence-corrected chi connectivity index (χ2v) is 1.65. The Hall–Kier alpha value is -1.45. The first-order valence-electron chi connectivity index (χ1n) is 2.61. The fourth-order valence-electron chi connectivity index (χ4n) is 0.376. The van der Waals surface area contributed by atoms with Gasteiger partial charge in [-0.05, 0) is 0 Å².